The van der Waals surface area contributed by atoms with Crippen LogP contribution in [0.5, 0.6) is 0 Å². The second kappa shape index (κ2) is 12.2. The quantitative estimate of drug-likeness (QED) is 0.191. The maximum atomic E-state index is 14.4. The number of aryl methyl sites for hydroxylation is 1. The first-order valence-electron chi connectivity index (χ1n) is 15.3. The number of allylic oxidation sites excluding steroid dienone is 1. The van der Waals surface area contributed by atoms with Gasteiger partial charge < -0.3 is 9.72 Å². The van der Waals surface area contributed by atoms with Crippen molar-refractivity contribution in [3.05, 3.63) is 126 Å². The summed E-state index contributed by atoms with van der Waals surface area (Å²) in [5.41, 5.74) is 8.14. The molecule has 5 aromatic rings. The second-order valence-electron chi connectivity index (χ2n) is 11.5. The first kappa shape index (κ1) is 29.6. The first-order chi connectivity index (χ1) is 21.3. The minimum Gasteiger partial charge on any atom is -0.463 e. The van der Waals surface area contributed by atoms with Crippen molar-refractivity contribution >= 4 is 34.3 Å². The molecule has 6 nitrogen and oxygen atoms in total. The van der Waals surface area contributed by atoms with E-state index in [0.29, 0.717) is 32.9 Å². The summed E-state index contributed by atoms with van der Waals surface area (Å²) < 4.78 is 7.81. The van der Waals surface area contributed by atoms with Crippen LogP contribution < -0.4 is 14.9 Å². The fourth-order valence-electron chi connectivity index (χ4n) is 6.00. The van der Waals surface area contributed by atoms with Crippen LogP contribution in [0, 0.1) is 6.92 Å². The molecule has 1 N–H and O–H groups in total. The molecule has 0 saturated heterocycles. The third kappa shape index (κ3) is 5.26. The van der Waals surface area contributed by atoms with Crippen molar-refractivity contribution < 1.29 is 9.53 Å². The molecule has 0 amide bonds. The number of fused-ring (bicyclic) bond motifs is 2. The summed E-state index contributed by atoms with van der Waals surface area (Å²) in [6.07, 6.45) is 3.40. The van der Waals surface area contributed by atoms with Crippen LogP contribution in [-0.4, -0.2) is 22.1 Å². The lowest BCUT2D eigenvalue weighted by Crippen LogP contribution is -2.40. The van der Waals surface area contributed by atoms with E-state index < -0.39 is 12.0 Å². The Morgan fingerprint density at radius 3 is 2.48 bits per heavy atom. The number of thiazole rings is 1. The van der Waals surface area contributed by atoms with Crippen LogP contribution in [0.15, 0.2) is 93.9 Å². The molecule has 1 atom stereocenters. The molecule has 1 aliphatic rings. The summed E-state index contributed by atoms with van der Waals surface area (Å²) in [5.74, 6) is -0.0641. The largest absolute Gasteiger partial charge is 0.463 e. The van der Waals surface area contributed by atoms with E-state index in [2.05, 4.69) is 69.1 Å². The highest BCUT2D eigenvalue weighted by Gasteiger charge is 2.34. The van der Waals surface area contributed by atoms with Gasteiger partial charge in [0.05, 0.1) is 34.1 Å². The zero-order valence-electron chi connectivity index (χ0n) is 25.8. The highest BCUT2D eigenvalue weighted by atomic mass is 32.1. The number of hydrogen-bond acceptors (Lipinski definition) is 5. The Kier molecular flexibility index (Phi) is 8.23. The number of carbonyl (C=O) groups excluding carboxylic acids is 1. The summed E-state index contributed by atoms with van der Waals surface area (Å²) in [5, 5.41) is 1.05. The van der Waals surface area contributed by atoms with Crippen LogP contribution in [0.4, 0.5) is 0 Å². The average Bonchev–Trinajstić information content (AvgIpc) is 3.55. The lowest BCUT2D eigenvalue weighted by Gasteiger charge is -2.26. The molecule has 0 unspecified atom stereocenters. The highest BCUT2D eigenvalue weighted by Crippen LogP contribution is 2.34. The van der Waals surface area contributed by atoms with Gasteiger partial charge in [0.2, 0.25) is 0 Å². The number of hydrogen-bond donors (Lipinski definition) is 1. The van der Waals surface area contributed by atoms with Gasteiger partial charge >= 0.3 is 5.97 Å². The predicted octanol–water partition coefficient (Wildman–Crippen LogP) is 7.16. The zero-order valence-corrected chi connectivity index (χ0v) is 26.6. The molecular weight excluding hydrogens is 566 g/mol. The van der Waals surface area contributed by atoms with E-state index in [1.165, 1.54) is 16.9 Å². The number of nitrogens with zero attached hydrogens (tertiary/aromatic N) is 2. The van der Waals surface area contributed by atoms with Gasteiger partial charge in [0, 0.05) is 16.5 Å². The monoisotopic (exact) mass is 603 g/mol. The Morgan fingerprint density at radius 2 is 1.80 bits per heavy atom. The third-order valence-corrected chi connectivity index (χ3v) is 9.21. The predicted molar refractivity (Wildman–Crippen MR) is 179 cm³/mol. The van der Waals surface area contributed by atoms with E-state index in [1.807, 2.05) is 42.5 Å². The smallest absolute Gasteiger partial charge is 0.338 e. The first-order valence-corrected chi connectivity index (χ1v) is 16.1. The molecule has 7 heteroatoms. The molecule has 3 heterocycles. The standard InChI is InChI=1S/C37H37N3O3S/c1-6-12-29-31(36(42)43-7-2)34(26-19-17-24(18-20-26)22(3)4)40-35(41)30(44-37(40)38-29)21-28-27-16-11-13-23(5)32(27)39-33(28)25-14-9-8-10-15-25/h8-11,13-22,34,39H,6-7,12H2,1-5H3/b30-21-/t34-/m0/s1. The van der Waals surface area contributed by atoms with Crippen LogP contribution in [-0.2, 0) is 9.53 Å². The average molecular weight is 604 g/mol. The fraction of sp³-hybridized carbons (Fsp3) is 0.270. The summed E-state index contributed by atoms with van der Waals surface area (Å²) in [4.78, 5) is 37.1. The van der Waals surface area contributed by atoms with Crippen molar-refractivity contribution in [2.24, 2.45) is 4.99 Å². The molecule has 1 aliphatic heterocycles. The van der Waals surface area contributed by atoms with Gasteiger partial charge in [-0.2, -0.15) is 0 Å². The second-order valence-corrected chi connectivity index (χ2v) is 12.5. The molecule has 0 saturated carbocycles. The number of esters is 1. The molecular formula is C37H37N3O3S. The molecule has 0 radical (unpaired) electrons. The SMILES string of the molecule is CCCC1=C(C(=O)OCC)[C@H](c2ccc(C(C)C)cc2)n2c(s/c(=C\c3c(-c4ccccc4)[nH]c4c(C)cccc34)c2=O)=N1. The third-order valence-electron chi connectivity index (χ3n) is 8.23. The van der Waals surface area contributed by atoms with Crippen LogP contribution in [0.1, 0.15) is 74.8 Å². The van der Waals surface area contributed by atoms with E-state index in [-0.39, 0.29) is 12.2 Å². The van der Waals surface area contributed by atoms with Gasteiger partial charge in [-0.15, -0.1) is 0 Å². The van der Waals surface area contributed by atoms with Gasteiger partial charge in [-0.25, -0.2) is 9.79 Å². The molecule has 6 rings (SSSR count). The highest BCUT2D eigenvalue weighted by molar-refractivity contribution is 7.07. The molecule has 224 valence electrons. The number of benzene rings is 3. The van der Waals surface area contributed by atoms with Gasteiger partial charge in [0.15, 0.2) is 4.80 Å². The minimum atomic E-state index is -0.631. The number of aromatic nitrogens is 2. The molecule has 2 aromatic heterocycles. The van der Waals surface area contributed by atoms with Gasteiger partial charge in [-0.05, 0) is 54.5 Å². The Labute approximate surface area is 261 Å². The van der Waals surface area contributed by atoms with Gasteiger partial charge in [-0.1, -0.05) is 111 Å². The van der Waals surface area contributed by atoms with Crippen molar-refractivity contribution in [2.45, 2.75) is 59.4 Å². The van der Waals surface area contributed by atoms with Crippen molar-refractivity contribution in [1.29, 1.82) is 0 Å². The summed E-state index contributed by atoms with van der Waals surface area (Å²) in [6, 6.07) is 24.0. The number of aromatic amines is 1. The number of rotatable bonds is 8. The maximum absolute atomic E-state index is 14.4. The molecule has 0 bridgehead atoms. The van der Waals surface area contributed by atoms with Gasteiger partial charge in [0.25, 0.3) is 5.56 Å². The number of ether oxygens (including phenoxy) is 1. The summed E-state index contributed by atoms with van der Waals surface area (Å²) >= 11 is 1.37. The van der Waals surface area contributed by atoms with Crippen molar-refractivity contribution in [3.8, 4) is 11.3 Å². The summed E-state index contributed by atoms with van der Waals surface area (Å²) in [6.45, 7) is 10.5. The van der Waals surface area contributed by atoms with Gasteiger partial charge in [-0.3, -0.25) is 9.36 Å². The Hall–Kier alpha value is -4.49. The number of nitrogens with one attached hydrogen (secondary N) is 1. The lowest BCUT2D eigenvalue weighted by atomic mass is 9.92. The normalized spacial score (nSPS) is 15.1. The van der Waals surface area contributed by atoms with Crippen LogP contribution in [0.3, 0.4) is 0 Å². The Balaban J connectivity index is 1.62. The maximum Gasteiger partial charge on any atom is 0.338 e. The van der Waals surface area contributed by atoms with E-state index >= 15 is 0 Å². The number of H-pyrrole nitrogens is 1. The molecule has 0 aliphatic carbocycles. The van der Waals surface area contributed by atoms with Gasteiger partial charge in [0.1, 0.15) is 0 Å². The van der Waals surface area contributed by atoms with E-state index in [9.17, 15) is 9.59 Å². The van der Waals surface area contributed by atoms with Crippen molar-refractivity contribution in [1.82, 2.24) is 9.55 Å². The van der Waals surface area contributed by atoms with E-state index in [1.54, 1.807) is 11.5 Å². The van der Waals surface area contributed by atoms with Crippen LogP contribution in [0.2, 0.25) is 0 Å². The minimum absolute atomic E-state index is 0.176. The lowest BCUT2D eigenvalue weighted by molar-refractivity contribution is -0.139. The number of carbonyl (C=O) groups is 1. The van der Waals surface area contributed by atoms with Crippen LogP contribution >= 0.6 is 11.3 Å². The molecule has 0 fully saturated rings. The Bertz CT molecular complexity index is 2060. The zero-order chi connectivity index (χ0) is 31.0. The van der Waals surface area contributed by atoms with E-state index in [4.69, 9.17) is 9.73 Å². The Morgan fingerprint density at radius 1 is 1.05 bits per heavy atom. The van der Waals surface area contributed by atoms with Crippen molar-refractivity contribution in [3.63, 3.8) is 0 Å². The van der Waals surface area contributed by atoms with Crippen molar-refractivity contribution in [2.75, 3.05) is 6.61 Å². The van der Waals surface area contributed by atoms with E-state index in [0.717, 1.165) is 45.3 Å². The fourth-order valence-corrected chi connectivity index (χ4v) is 7.00. The van der Waals surface area contributed by atoms with Crippen LogP contribution in [0.25, 0.3) is 28.2 Å². The summed E-state index contributed by atoms with van der Waals surface area (Å²) in [7, 11) is 0. The number of para-hydroxylation sites is 1. The molecule has 3 aromatic carbocycles. The molecule has 0 spiro atoms. The molecule has 44 heavy (non-hydrogen) atoms. The topological polar surface area (TPSA) is 76.5 Å².